The van der Waals surface area contributed by atoms with Crippen LogP contribution in [0.3, 0.4) is 0 Å². The van der Waals surface area contributed by atoms with Gasteiger partial charge in [-0.05, 0) is 30.7 Å². The molecule has 0 aromatic carbocycles. The number of aromatic nitrogens is 2. The van der Waals surface area contributed by atoms with Gasteiger partial charge in [0, 0.05) is 18.3 Å². The lowest BCUT2D eigenvalue weighted by molar-refractivity contribution is 0.102. The van der Waals surface area contributed by atoms with Crippen LogP contribution >= 0.6 is 23.2 Å². The molecule has 0 aliphatic heterocycles. The zero-order valence-electron chi connectivity index (χ0n) is 10.7. The number of nitrogens with one attached hydrogen (secondary N) is 1. The molecule has 5 nitrogen and oxygen atoms in total. The number of amides is 1. The first-order valence-corrected chi connectivity index (χ1v) is 6.56. The van der Waals surface area contributed by atoms with E-state index in [2.05, 4.69) is 15.3 Å². The lowest BCUT2D eigenvalue weighted by Gasteiger charge is -2.10. The average molecular weight is 311 g/mol. The quantitative estimate of drug-likeness (QED) is 0.854. The number of aryl methyl sites for hydroxylation is 1. The van der Waals surface area contributed by atoms with Gasteiger partial charge in [0.15, 0.2) is 5.15 Å². The van der Waals surface area contributed by atoms with Crippen molar-refractivity contribution < 1.29 is 4.79 Å². The standard InChI is InChI=1S/C13H12Cl2N4O/c1-7-4-10(14)18-12(15)11(7)19-13(20)8-2-3-17-9(5-8)6-16/h2-5H,6,16H2,1H3,(H,19,20). The smallest absolute Gasteiger partial charge is 0.255 e. The van der Waals surface area contributed by atoms with Gasteiger partial charge in [0.2, 0.25) is 0 Å². The number of hydrogen-bond donors (Lipinski definition) is 2. The van der Waals surface area contributed by atoms with Crippen molar-refractivity contribution in [2.24, 2.45) is 5.73 Å². The van der Waals surface area contributed by atoms with Crippen LogP contribution in [0.2, 0.25) is 10.3 Å². The zero-order valence-corrected chi connectivity index (χ0v) is 12.2. The molecule has 0 saturated heterocycles. The first-order valence-electron chi connectivity index (χ1n) is 5.80. The Bertz CT molecular complexity index is 638. The highest BCUT2D eigenvalue weighted by Gasteiger charge is 2.13. The molecule has 20 heavy (non-hydrogen) atoms. The van der Waals surface area contributed by atoms with E-state index in [1.807, 2.05) is 0 Å². The van der Waals surface area contributed by atoms with Crippen molar-refractivity contribution in [1.29, 1.82) is 0 Å². The van der Waals surface area contributed by atoms with Crippen LogP contribution < -0.4 is 11.1 Å². The van der Waals surface area contributed by atoms with Crippen LogP contribution in [0.5, 0.6) is 0 Å². The summed E-state index contributed by atoms with van der Waals surface area (Å²) < 4.78 is 0. The number of hydrogen-bond acceptors (Lipinski definition) is 4. The minimum atomic E-state index is -0.309. The lowest BCUT2D eigenvalue weighted by atomic mass is 10.2. The van der Waals surface area contributed by atoms with E-state index >= 15 is 0 Å². The minimum absolute atomic E-state index is 0.149. The number of carbonyl (C=O) groups excluding carboxylic acids is 1. The van der Waals surface area contributed by atoms with Crippen molar-refractivity contribution in [3.8, 4) is 0 Å². The van der Waals surface area contributed by atoms with Gasteiger partial charge >= 0.3 is 0 Å². The summed E-state index contributed by atoms with van der Waals surface area (Å²) in [5.74, 6) is -0.309. The molecule has 0 spiro atoms. The van der Waals surface area contributed by atoms with Gasteiger partial charge in [-0.15, -0.1) is 0 Å². The van der Waals surface area contributed by atoms with Crippen LogP contribution in [0.4, 0.5) is 5.69 Å². The van der Waals surface area contributed by atoms with E-state index in [4.69, 9.17) is 28.9 Å². The van der Waals surface area contributed by atoms with E-state index in [1.54, 1.807) is 25.1 Å². The van der Waals surface area contributed by atoms with Crippen molar-refractivity contribution >= 4 is 34.8 Å². The molecule has 0 saturated carbocycles. The molecule has 0 atom stereocenters. The fourth-order valence-corrected chi connectivity index (χ4v) is 2.24. The number of rotatable bonds is 3. The summed E-state index contributed by atoms with van der Waals surface area (Å²) in [4.78, 5) is 20.1. The van der Waals surface area contributed by atoms with E-state index in [1.165, 1.54) is 6.20 Å². The molecular formula is C13H12Cl2N4O. The predicted molar refractivity (Wildman–Crippen MR) is 79.1 cm³/mol. The molecule has 2 heterocycles. The summed E-state index contributed by atoms with van der Waals surface area (Å²) in [6.07, 6.45) is 1.53. The SMILES string of the molecule is Cc1cc(Cl)nc(Cl)c1NC(=O)c1ccnc(CN)c1. The van der Waals surface area contributed by atoms with E-state index in [0.29, 0.717) is 16.9 Å². The van der Waals surface area contributed by atoms with Crippen molar-refractivity contribution in [2.45, 2.75) is 13.5 Å². The fourth-order valence-electron chi connectivity index (χ4n) is 1.66. The van der Waals surface area contributed by atoms with E-state index < -0.39 is 0 Å². The maximum absolute atomic E-state index is 12.2. The zero-order chi connectivity index (χ0) is 14.7. The Morgan fingerprint density at radius 3 is 2.80 bits per heavy atom. The Balaban J connectivity index is 2.28. The van der Waals surface area contributed by atoms with E-state index in [-0.39, 0.29) is 22.8 Å². The first kappa shape index (κ1) is 14.7. The van der Waals surface area contributed by atoms with E-state index in [9.17, 15) is 4.79 Å². The molecule has 3 N–H and O–H groups in total. The Morgan fingerprint density at radius 2 is 2.15 bits per heavy atom. The lowest BCUT2D eigenvalue weighted by Crippen LogP contribution is -2.14. The summed E-state index contributed by atoms with van der Waals surface area (Å²) in [7, 11) is 0. The van der Waals surface area contributed by atoms with Gasteiger partial charge in [-0.3, -0.25) is 9.78 Å². The number of halogens is 2. The van der Waals surface area contributed by atoms with Gasteiger partial charge in [-0.1, -0.05) is 23.2 Å². The molecule has 0 radical (unpaired) electrons. The highest BCUT2D eigenvalue weighted by Crippen LogP contribution is 2.26. The van der Waals surface area contributed by atoms with Crippen LogP contribution in [-0.4, -0.2) is 15.9 Å². The minimum Gasteiger partial charge on any atom is -0.325 e. The second kappa shape index (κ2) is 6.17. The summed E-state index contributed by atoms with van der Waals surface area (Å²) in [6.45, 7) is 2.05. The second-order valence-electron chi connectivity index (χ2n) is 4.12. The highest BCUT2D eigenvalue weighted by atomic mass is 35.5. The maximum atomic E-state index is 12.2. The molecule has 0 aliphatic rings. The van der Waals surface area contributed by atoms with Gasteiger partial charge in [0.1, 0.15) is 5.15 Å². The summed E-state index contributed by atoms with van der Waals surface area (Å²) in [6, 6.07) is 4.85. The highest BCUT2D eigenvalue weighted by molar-refractivity contribution is 6.35. The monoisotopic (exact) mass is 310 g/mol. The Labute approximate surface area is 126 Å². The summed E-state index contributed by atoms with van der Waals surface area (Å²) in [5, 5.41) is 3.14. The third-order valence-electron chi connectivity index (χ3n) is 2.67. The third kappa shape index (κ3) is 3.25. The number of nitrogens with two attached hydrogens (primary N) is 1. The first-order chi connectivity index (χ1) is 9.51. The molecular weight excluding hydrogens is 299 g/mol. The van der Waals surface area contributed by atoms with E-state index in [0.717, 1.165) is 5.56 Å². The molecule has 104 valence electrons. The summed E-state index contributed by atoms with van der Waals surface area (Å²) >= 11 is 11.8. The molecule has 0 fully saturated rings. The second-order valence-corrected chi connectivity index (χ2v) is 4.87. The van der Waals surface area contributed by atoms with Crippen molar-refractivity contribution in [3.63, 3.8) is 0 Å². The van der Waals surface area contributed by atoms with Gasteiger partial charge in [-0.25, -0.2) is 4.98 Å². The van der Waals surface area contributed by atoms with Crippen LogP contribution in [0.1, 0.15) is 21.6 Å². The fraction of sp³-hybridized carbons (Fsp3) is 0.154. The average Bonchev–Trinajstić information content (AvgIpc) is 2.42. The van der Waals surface area contributed by atoms with Crippen LogP contribution in [0, 0.1) is 6.92 Å². The largest absolute Gasteiger partial charge is 0.325 e. The molecule has 0 aliphatic carbocycles. The van der Waals surface area contributed by atoms with Crippen molar-refractivity contribution in [3.05, 3.63) is 51.5 Å². The number of anilines is 1. The summed E-state index contributed by atoms with van der Waals surface area (Å²) in [5.41, 5.74) is 7.75. The normalized spacial score (nSPS) is 10.4. The Morgan fingerprint density at radius 1 is 1.40 bits per heavy atom. The molecule has 0 unspecified atom stereocenters. The molecule has 2 rings (SSSR count). The maximum Gasteiger partial charge on any atom is 0.255 e. The van der Waals surface area contributed by atoms with Crippen LogP contribution in [0.25, 0.3) is 0 Å². The number of nitrogens with zero attached hydrogens (tertiary/aromatic N) is 2. The molecule has 2 aromatic heterocycles. The van der Waals surface area contributed by atoms with Crippen molar-refractivity contribution in [1.82, 2.24) is 9.97 Å². The topological polar surface area (TPSA) is 80.9 Å². The van der Waals surface area contributed by atoms with Gasteiger partial charge in [-0.2, -0.15) is 0 Å². The molecule has 7 heteroatoms. The number of carbonyl (C=O) groups is 1. The van der Waals surface area contributed by atoms with Gasteiger partial charge in [0.05, 0.1) is 11.4 Å². The number of pyridine rings is 2. The van der Waals surface area contributed by atoms with Crippen LogP contribution in [0.15, 0.2) is 24.4 Å². The Kier molecular flexibility index (Phi) is 4.54. The molecule has 0 bridgehead atoms. The Hall–Kier alpha value is -1.69. The third-order valence-corrected chi connectivity index (χ3v) is 3.13. The van der Waals surface area contributed by atoms with Gasteiger partial charge < -0.3 is 11.1 Å². The molecule has 2 aromatic rings. The van der Waals surface area contributed by atoms with Crippen molar-refractivity contribution in [2.75, 3.05) is 5.32 Å². The van der Waals surface area contributed by atoms with Gasteiger partial charge in [0.25, 0.3) is 5.91 Å². The predicted octanol–water partition coefficient (Wildman–Crippen LogP) is 2.80. The van der Waals surface area contributed by atoms with Crippen LogP contribution in [-0.2, 0) is 6.54 Å². The molecule has 1 amide bonds.